The van der Waals surface area contributed by atoms with Gasteiger partial charge in [0.1, 0.15) is 0 Å². The summed E-state index contributed by atoms with van der Waals surface area (Å²) in [6.07, 6.45) is 6.70. The lowest BCUT2D eigenvalue weighted by atomic mass is 9.75. The fraction of sp³-hybridized carbons (Fsp3) is 1.00. The SMILES string of the molecule is CCCN(CC1CN(C)CCO1)C1(CN)CCC(C)CC1. The summed E-state index contributed by atoms with van der Waals surface area (Å²) >= 11 is 0. The number of nitrogens with two attached hydrogens (primary N) is 1. The fourth-order valence-electron chi connectivity index (χ4n) is 3.96. The van der Waals surface area contributed by atoms with Gasteiger partial charge in [-0.3, -0.25) is 4.90 Å². The van der Waals surface area contributed by atoms with E-state index in [2.05, 4.69) is 30.7 Å². The molecule has 0 spiro atoms. The Bertz CT molecular complexity index is 302. The van der Waals surface area contributed by atoms with Gasteiger partial charge >= 0.3 is 0 Å². The molecule has 1 saturated carbocycles. The number of hydrogen-bond acceptors (Lipinski definition) is 4. The van der Waals surface area contributed by atoms with Gasteiger partial charge in [0.15, 0.2) is 0 Å². The molecule has 2 fully saturated rings. The summed E-state index contributed by atoms with van der Waals surface area (Å²) in [5.41, 5.74) is 6.48. The quantitative estimate of drug-likeness (QED) is 0.813. The van der Waals surface area contributed by atoms with E-state index in [1.807, 2.05) is 0 Å². The zero-order valence-electron chi connectivity index (χ0n) is 14.3. The van der Waals surface area contributed by atoms with Crippen LogP contribution in [0, 0.1) is 5.92 Å². The highest BCUT2D eigenvalue weighted by Gasteiger charge is 2.39. The first-order chi connectivity index (χ1) is 10.1. The lowest BCUT2D eigenvalue weighted by molar-refractivity contribution is -0.0611. The maximum Gasteiger partial charge on any atom is 0.0829 e. The molecule has 0 amide bonds. The molecule has 0 aromatic rings. The molecule has 124 valence electrons. The third kappa shape index (κ3) is 4.41. The Morgan fingerprint density at radius 1 is 1.33 bits per heavy atom. The van der Waals surface area contributed by atoms with Crippen molar-refractivity contribution in [1.82, 2.24) is 9.80 Å². The normalized spacial score (nSPS) is 35.3. The largest absolute Gasteiger partial charge is 0.374 e. The van der Waals surface area contributed by atoms with Crippen LogP contribution in [0.1, 0.15) is 46.0 Å². The number of ether oxygens (including phenoxy) is 1. The monoisotopic (exact) mass is 297 g/mol. The molecule has 2 aliphatic rings. The van der Waals surface area contributed by atoms with Crippen molar-refractivity contribution in [2.75, 3.05) is 46.4 Å². The van der Waals surface area contributed by atoms with Crippen LogP contribution in [-0.2, 0) is 4.74 Å². The van der Waals surface area contributed by atoms with Crippen molar-refractivity contribution in [3.05, 3.63) is 0 Å². The number of rotatable bonds is 6. The minimum absolute atomic E-state index is 0.224. The third-order valence-corrected chi connectivity index (χ3v) is 5.52. The molecule has 1 saturated heterocycles. The second-order valence-corrected chi connectivity index (χ2v) is 7.31. The summed E-state index contributed by atoms with van der Waals surface area (Å²) < 4.78 is 6.00. The molecular formula is C17H35N3O. The van der Waals surface area contributed by atoms with E-state index in [1.54, 1.807) is 0 Å². The summed E-state index contributed by atoms with van der Waals surface area (Å²) in [4.78, 5) is 5.05. The molecule has 0 aromatic carbocycles. The Morgan fingerprint density at radius 3 is 2.62 bits per heavy atom. The first-order valence-corrected chi connectivity index (χ1v) is 8.85. The summed E-state index contributed by atoms with van der Waals surface area (Å²) in [7, 11) is 2.20. The maximum absolute atomic E-state index is 6.25. The zero-order valence-corrected chi connectivity index (χ0v) is 14.3. The smallest absolute Gasteiger partial charge is 0.0829 e. The molecule has 1 heterocycles. The van der Waals surface area contributed by atoms with Gasteiger partial charge in [-0.15, -0.1) is 0 Å². The van der Waals surface area contributed by atoms with Crippen molar-refractivity contribution >= 4 is 0 Å². The number of likely N-dealkylation sites (N-methyl/N-ethyl adjacent to an activating group) is 1. The van der Waals surface area contributed by atoms with Gasteiger partial charge < -0.3 is 15.4 Å². The van der Waals surface area contributed by atoms with E-state index >= 15 is 0 Å². The van der Waals surface area contributed by atoms with Crippen LogP contribution in [-0.4, -0.2) is 67.8 Å². The van der Waals surface area contributed by atoms with Crippen LogP contribution in [0.4, 0.5) is 0 Å². The van der Waals surface area contributed by atoms with Crippen molar-refractivity contribution in [2.45, 2.75) is 57.6 Å². The molecule has 1 aliphatic heterocycles. The van der Waals surface area contributed by atoms with E-state index in [0.29, 0.717) is 6.10 Å². The Morgan fingerprint density at radius 2 is 2.05 bits per heavy atom. The van der Waals surface area contributed by atoms with Crippen molar-refractivity contribution in [3.63, 3.8) is 0 Å². The van der Waals surface area contributed by atoms with Crippen molar-refractivity contribution in [1.29, 1.82) is 0 Å². The summed E-state index contributed by atoms with van der Waals surface area (Å²) in [5.74, 6) is 0.866. The average Bonchev–Trinajstić information content (AvgIpc) is 2.48. The molecule has 2 N–H and O–H groups in total. The molecule has 0 bridgehead atoms. The van der Waals surface area contributed by atoms with Gasteiger partial charge in [0.2, 0.25) is 0 Å². The van der Waals surface area contributed by atoms with Crippen LogP contribution < -0.4 is 5.73 Å². The number of hydrogen-bond donors (Lipinski definition) is 1. The van der Waals surface area contributed by atoms with Crippen molar-refractivity contribution < 1.29 is 4.74 Å². The molecule has 4 nitrogen and oxygen atoms in total. The molecular weight excluding hydrogens is 262 g/mol. The minimum Gasteiger partial charge on any atom is -0.374 e. The highest BCUT2D eigenvalue weighted by Crippen LogP contribution is 2.36. The molecule has 1 aliphatic carbocycles. The van der Waals surface area contributed by atoms with Crippen LogP contribution in [0.25, 0.3) is 0 Å². The number of nitrogens with zero attached hydrogens (tertiary/aromatic N) is 2. The first-order valence-electron chi connectivity index (χ1n) is 8.85. The predicted octanol–water partition coefficient (Wildman–Crippen LogP) is 1.94. The van der Waals surface area contributed by atoms with Crippen LogP contribution in [0.2, 0.25) is 0 Å². The fourth-order valence-corrected chi connectivity index (χ4v) is 3.96. The van der Waals surface area contributed by atoms with Gasteiger partial charge in [0.05, 0.1) is 12.7 Å². The second kappa shape index (κ2) is 7.91. The van der Waals surface area contributed by atoms with Crippen molar-refractivity contribution in [2.24, 2.45) is 11.7 Å². The second-order valence-electron chi connectivity index (χ2n) is 7.31. The molecule has 21 heavy (non-hydrogen) atoms. The number of morpholine rings is 1. The lowest BCUT2D eigenvalue weighted by Gasteiger charge is -2.49. The standard InChI is InChI=1S/C17H35N3O/c1-4-9-20(13-16-12-19(3)10-11-21-16)17(14-18)7-5-15(2)6-8-17/h15-16H,4-14,18H2,1-3H3. The molecule has 1 atom stereocenters. The first kappa shape index (κ1) is 17.2. The van der Waals surface area contributed by atoms with Gasteiger partial charge in [-0.1, -0.05) is 13.8 Å². The van der Waals surface area contributed by atoms with Gasteiger partial charge in [0, 0.05) is 31.7 Å². The van der Waals surface area contributed by atoms with Crippen LogP contribution in [0.3, 0.4) is 0 Å². The van der Waals surface area contributed by atoms with Gasteiger partial charge in [-0.25, -0.2) is 0 Å². The molecule has 0 radical (unpaired) electrons. The summed E-state index contributed by atoms with van der Waals surface area (Å²) in [6.45, 7) is 10.6. The predicted molar refractivity (Wildman–Crippen MR) is 88.5 cm³/mol. The topological polar surface area (TPSA) is 41.7 Å². The maximum atomic E-state index is 6.25. The van der Waals surface area contributed by atoms with Crippen molar-refractivity contribution in [3.8, 4) is 0 Å². The van der Waals surface area contributed by atoms with Gasteiger partial charge in [0.25, 0.3) is 0 Å². The van der Waals surface area contributed by atoms with E-state index in [1.165, 1.54) is 32.1 Å². The highest BCUT2D eigenvalue weighted by atomic mass is 16.5. The molecule has 4 heteroatoms. The summed E-state index contributed by atoms with van der Waals surface area (Å²) in [6, 6.07) is 0. The van der Waals surface area contributed by atoms with E-state index in [4.69, 9.17) is 10.5 Å². The zero-order chi connectivity index (χ0) is 15.3. The van der Waals surface area contributed by atoms with Gasteiger partial charge in [-0.05, 0) is 51.6 Å². The average molecular weight is 297 g/mol. The summed E-state index contributed by atoms with van der Waals surface area (Å²) in [5, 5.41) is 0. The molecule has 0 aromatic heterocycles. The minimum atomic E-state index is 0.224. The van der Waals surface area contributed by atoms with E-state index in [-0.39, 0.29) is 5.54 Å². The molecule has 2 rings (SSSR count). The van der Waals surface area contributed by atoms with E-state index in [9.17, 15) is 0 Å². The lowest BCUT2D eigenvalue weighted by Crippen LogP contribution is -2.59. The highest BCUT2D eigenvalue weighted by molar-refractivity contribution is 4.96. The van der Waals surface area contributed by atoms with Crippen LogP contribution >= 0.6 is 0 Å². The Kier molecular flexibility index (Phi) is 6.48. The molecule has 1 unspecified atom stereocenters. The van der Waals surface area contributed by atoms with Gasteiger partial charge in [-0.2, -0.15) is 0 Å². The third-order valence-electron chi connectivity index (χ3n) is 5.52. The Hall–Kier alpha value is -0.160. The van der Waals surface area contributed by atoms with E-state index in [0.717, 1.165) is 45.2 Å². The Labute approximate surface area is 131 Å². The van der Waals surface area contributed by atoms with Crippen LogP contribution in [0.5, 0.6) is 0 Å². The van der Waals surface area contributed by atoms with Crippen LogP contribution in [0.15, 0.2) is 0 Å². The van der Waals surface area contributed by atoms with E-state index < -0.39 is 0 Å². The Balaban J connectivity index is 2.01.